The van der Waals surface area contributed by atoms with Crippen LogP contribution in [0.25, 0.3) is 0 Å². The summed E-state index contributed by atoms with van der Waals surface area (Å²) in [7, 11) is -5.72. The monoisotopic (exact) mass is 583 g/mol. The predicted octanol–water partition coefficient (Wildman–Crippen LogP) is 1.11. The molecule has 0 aliphatic rings. The number of aliphatic hydroxyl groups excluding tert-OH is 1. The van der Waals surface area contributed by atoms with Crippen LogP contribution in [-0.4, -0.2) is 78.0 Å². The Bertz CT molecular complexity index is 1250. The van der Waals surface area contributed by atoms with Gasteiger partial charge in [-0.3, -0.25) is 4.79 Å². The molecule has 0 saturated heterocycles. The van der Waals surface area contributed by atoms with Crippen LogP contribution in [0.4, 0.5) is 0 Å². The highest BCUT2D eigenvalue weighted by Gasteiger charge is 2.29. The van der Waals surface area contributed by atoms with E-state index in [2.05, 4.69) is 15.4 Å². The number of hydrogen-bond donors (Lipinski definition) is 4. The predicted molar refractivity (Wildman–Crippen MR) is 153 cm³/mol. The number of amides is 1. The van der Waals surface area contributed by atoms with Gasteiger partial charge in [0.05, 0.1) is 36.7 Å². The van der Waals surface area contributed by atoms with Gasteiger partial charge in [-0.15, -0.1) is 0 Å². The van der Waals surface area contributed by atoms with E-state index in [9.17, 15) is 26.7 Å². The topological polar surface area (TPSA) is 151 Å². The van der Waals surface area contributed by atoms with Crippen LogP contribution in [0.15, 0.2) is 54.6 Å². The van der Waals surface area contributed by atoms with E-state index in [1.165, 1.54) is 0 Å². The Morgan fingerprint density at radius 1 is 0.949 bits per heavy atom. The van der Waals surface area contributed by atoms with Crippen molar-refractivity contribution in [2.45, 2.75) is 39.0 Å². The molecule has 0 heterocycles. The molecule has 0 bridgehead atoms. The maximum absolute atomic E-state index is 13.3. The van der Waals surface area contributed by atoms with Gasteiger partial charge in [0.15, 0.2) is 0 Å². The lowest BCUT2D eigenvalue weighted by Crippen LogP contribution is -2.52. The van der Waals surface area contributed by atoms with Gasteiger partial charge >= 0.3 is 0 Å². The molecule has 1 amide bonds. The summed E-state index contributed by atoms with van der Waals surface area (Å²) in [5.41, 5.74) is 1.82. The molecule has 0 spiro atoms. The summed E-state index contributed by atoms with van der Waals surface area (Å²) in [4.78, 5) is 13.3. The number of sulfonamides is 1. The number of aliphatic hydroxyl groups is 1. The normalized spacial score (nSPS) is 14.5. The molecule has 2 aromatic carbocycles. The van der Waals surface area contributed by atoms with Crippen molar-refractivity contribution in [3.8, 4) is 5.75 Å². The fourth-order valence-electron chi connectivity index (χ4n) is 4.06. The summed E-state index contributed by atoms with van der Waals surface area (Å²) in [5, 5.41) is 17.0. The second kappa shape index (κ2) is 15.3. The third kappa shape index (κ3) is 12.9. The summed E-state index contributed by atoms with van der Waals surface area (Å²) in [6, 6.07) is 16.0. The van der Waals surface area contributed by atoms with Crippen LogP contribution in [0.3, 0.4) is 0 Å². The smallest absolute Gasteiger partial charge is 0.225 e. The first-order chi connectivity index (χ1) is 18.3. The Hall–Kier alpha value is -2.51. The summed E-state index contributed by atoms with van der Waals surface area (Å²) >= 11 is 0. The maximum Gasteiger partial charge on any atom is 0.225 e. The molecule has 218 valence electrons. The van der Waals surface area contributed by atoms with Gasteiger partial charge in [-0.05, 0) is 35.6 Å². The van der Waals surface area contributed by atoms with E-state index in [0.29, 0.717) is 18.7 Å². The zero-order valence-electron chi connectivity index (χ0n) is 23.0. The summed E-state index contributed by atoms with van der Waals surface area (Å²) < 4.78 is 56.4. The minimum absolute atomic E-state index is 0.139. The second-order valence-electron chi connectivity index (χ2n) is 10.2. The lowest BCUT2D eigenvalue weighted by molar-refractivity contribution is -0.125. The first-order valence-electron chi connectivity index (χ1n) is 12.8. The molecule has 3 atom stereocenters. The van der Waals surface area contributed by atoms with Crippen LogP contribution < -0.4 is 20.1 Å². The largest absolute Gasteiger partial charge is 0.497 e. The van der Waals surface area contributed by atoms with E-state index < -0.39 is 49.6 Å². The number of nitrogens with one attached hydrogen (secondary N) is 3. The fourth-order valence-corrected chi connectivity index (χ4v) is 6.51. The Morgan fingerprint density at radius 3 is 2.23 bits per heavy atom. The van der Waals surface area contributed by atoms with E-state index in [-0.39, 0.29) is 24.8 Å². The standard InChI is InChI=1S/C27H41N3O7S2/c1-20(2)18-39(35,36)29-16-23(19-38(4,33)34)27(32)30-25(14-21-9-6-5-7-10-21)26(31)17-28-15-22-11-8-12-24(13-22)37-3/h5-13,20,23,25-26,28-29,31H,14-19H2,1-4H3,(H,30,32)/t23?,25-,26+/m0/s1. The first kappa shape index (κ1) is 32.7. The van der Waals surface area contributed by atoms with E-state index in [1.807, 2.05) is 54.6 Å². The van der Waals surface area contributed by atoms with Gasteiger partial charge in [-0.25, -0.2) is 21.6 Å². The Morgan fingerprint density at radius 2 is 1.62 bits per heavy atom. The minimum Gasteiger partial charge on any atom is -0.497 e. The third-order valence-electron chi connectivity index (χ3n) is 5.88. The van der Waals surface area contributed by atoms with Gasteiger partial charge in [-0.2, -0.15) is 0 Å². The number of hydrogen-bond acceptors (Lipinski definition) is 8. The van der Waals surface area contributed by atoms with E-state index in [1.54, 1.807) is 21.0 Å². The molecule has 2 aromatic rings. The molecule has 1 unspecified atom stereocenters. The molecule has 12 heteroatoms. The van der Waals surface area contributed by atoms with E-state index in [0.717, 1.165) is 17.4 Å². The molecular weight excluding hydrogens is 542 g/mol. The maximum atomic E-state index is 13.3. The molecule has 0 aliphatic heterocycles. The molecule has 0 saturated carbocycles. The molecule has 0 aliphatic carbocycles. The van der Waals surface area contributed by atoms with Gasteiger partial charge in [0.25, 0.3) is 0 Å². The highest BCUT2D eigenvalue weighted by molar-refractivity contribution is 7.90. The Balaban J connectivity index is 2.15. The van der Waals surface area contributed by atoms with Gasteiger partial charge in [0.1, 0.15) is 15.6 Å². The zero-order chi connectivity index (χ0) is 29.1. The van der Waals surface area contributed by atoms with Gasteiger partial charge < -0.3 is 20.5 Å². The van der Waals surface area contributed by atoms with Crippen molar-refractivity contribution in [3.63, 3.8) is 0 Å². The van der Waals surface area contributed by atoms with Crippen molar-refractivity contribution in [1.82, 2.24) is 15.4 Å². The summed E-state index contributed by atoms with van der Waals surface area (Å²) in [6.07, 6.45) is 0.268. The first-order valence-corrected chi connectivity index (χ1v) is 16.5. The van der Waals surface area contributed by atoms with Crippen molar-refractivity contribution in [2.24, 2.45) is 11.8 Å². The lowest BCUT2D eigenvalue weighted by Gasteiger charge is -2.27. The molecule has 2 rings (SSSR count). The second-order valence-corrected chi connectivity index (χ2v) is 14.2. The molecule has 10 nitrogen and oxygen atoms in total. The molecular formula is C27H41N3O7S2. The SMILES string of the molecule is COc1cccc(CNC[C@@H](O)[C@H](Cc2ccccc2)NC(=O)C(CNS(=O)(=O)CC(C)C)CS(C)(=O)=O)c1. The number of carbonyl (C=O) groups is 1. The van der Waals surface area contributed by atoms with E-state index in [4.69, 9.17) is 4.74 Å². The molecule has 0 radical (unpaired) electrons. The van der Waals surface area contributed by atoms with Crippen LogP contribution in [0.5, 0.6) is 5.75 Å². The Kier molecular flexibility index (Phi) is 12.8. The van der Waals surface area contributed by atoms with Crippen LogP contribution in [0.2, 0.25) is 0 Å². The van der Waals surface area contributed by atoms with Crippen molar-refractivity contribution < 1.29 is 31.5 Å². The highest BCUT2D eigenvalue weighted by atomic mass is 32.2. The number of sulfone groups is 1. The van der Waals surface area contributed by atoms with Crippen molar-refractivity contribution in [2.75, 3.05) is 38.0 Å². The summed E-state index contributed by atoms with van der Waals surface area (Å²) in [5.74, 6) is -1.93. The molecule has 0 fully saturated rings. The van der Waals surface area contributed by atoms with Crippen molar-refractivity contribution >= 4 is 25.8 Å². The summed E-state index contributed by atoms with van der Waals surface area (Å²) in [6.45, 7) is 3.73. The van der Waals surface area contributed by atoms with E-state index >= 15 is 0 Å². The molecule has 39 heavy (non-hydrogen) atoms. The highest BCUT2D eigenvalue weighted by Crippen LogP contribution is 2.13. The Labute approximate surface area is 232 Å². The number of carbonyl (C=O) groups excluding carboxylic acids is 1. The average molecular weight is 584 g/mol. The van der Waals surface area contributed by atoms with Crippen LogP contribution in [-0.2, 0) is 37.6 Å². The van der Waals surface area contributed by atoms with Gasteiger partial charge in [0.2, 0.25) is 15.9 Å². The van der Waals surface area contributed by atoms with Crippen molar-refractivity contribution in [1.29, 1.82) is 0 Å². The quantitative estimate of drug-likeness (QED) is 0.216. The van der Waals surface area contributed by atoms with Gasteiger partial charge in [-0.1, -0.05) is 56.3 Å². The van der Waals surface area contributed by atoms with Gasteiger partial charge in [0, 0.05) is 25.9 Å². The number of ether oxygens (including phenoxy) is 1. The number of rotatable bonds is 17. The third-order valence-corrected chi connectivity index (χ3v) is 8.60. The molecule has 4 N–H and O–H groups in total. The van der Waals surface area contributed by atoms with Crippen LogP contribution in [0.1, 0.15) is 25.0 Å². The zero-order valence-corrected chi connectivity index (χ0v) is 24.6. The number of methoxy groups -OCH3 is 1. The fraction of sp³-hybridized carbons (Fsp3) is 0.519. The van der Waals surface area contributed by atoms with Crippen molar-refractivity contribution in [3.05, 3.63) is 65.7 Å². The minimum atomic E-state index is -3.69. The number of benzene rings is 2. The average Bonchev–Trinajstić information content (AvgIpc) is 2.85. The molecule has 0 aromatic heterocycles. The van der Waals surface area contributed by atoms with Crippen LogP contribution >= 0.6 is 0 Å². The van der Waals surface area contributed by atoms with Crippen LogP contribution in [0, 0.1) is 11.8 Å². The lowest BCUT2D eigenvalue weighted by atomic mass is 10.00.